The van der Waals surface area contributed by atoms with Gasteiger partial charge in [0.1, 0.15) is 12.7 Å². The third-order valence-electron chi connectivity index (χ3n) is 3.78. The summed E-state index contributed by atoms with van der Waals surface area (Å²) in [5.74, 6) is 1.15. The standard InChI is InChI=1S/C21H34N2O4/c1-7-9-16-10-11-18(19(12-16)26-6)27-15-17(24)13-23(8-2)14-20(25)22-21(3,4)5/h7,9-12,17,24H,8,13-15H2,1-6H3,(H,22,25)/b9-7+/t17-/m1/s1. The highest BCUT2D eigenvalue weighted by Gasteiger charge is 2.18. The Balaban J connectivity index is 2.58. The second-order valence-electron chi connectivity index (χ2n) is 7.50. The van der Waals surface area contributed by atoms with Gasteiger partial charge >= 0.3 is 0 Å². The predicted molar refractivity (Wildman–Crippen MR) is 109 cm³/mol. The molecule has 1 atom stereocenters. The monoisotopic (exact) mass is 378 g/mol. The Morgan fingerprint density at radius 1 is 1.33 bits per heavy atom. The van der Waals surface area contributed by atoms with Crippen LogP contribution in [0.1, 0.15) is 40.2 Å². The van der Waals surface area contributed by atoms with Crippen LogP contribution >= 0.6 is 0 Å². The van der Waals surface area contributed by atoms with Crippen LogP contribution in [0.4, 0.5) is 0 Å². The van der Waals surface area contributed by atoms with E-state index in [1.807, 2.05) is 69.9 Å². The number of likely N-dealkylation sites (N-methyl/N-ethyl adjacent to an activating group) is 1. The smallest absolute Gasteiger partial charge is 0.234 e. The fourth-order valence-electron chi connectivity index (χ4n) is 2.60. The summed E-state index contributed by atoms with van der Waals surface area (Å²) < 4.78 is 11.1. The van der Waals surface area contributed by atoms with E-state index >= 15 is 0 Å². The van der Waals surface area contributed by atoms with Crippen molar-refractivity contribution in [1.29, 1.82) is 0 Å². The Morgan fingerprint density at radius 3 is 2.59 bits per heavy atom. The molecule has 6 heteroatoms. The number of aliphatic hydroxyl groups is 1. The van der Waals surface area contributed by atoms with Gasteiger partial charge in [-0.25, -0.2) is 0 Å². The van der Waals surface area contributed by atoms with E-state index in [9.17, 15) is 9.90 Å². The van der Waals surface area contributed by atoms with E-state index in [2.05, 4.69) is 5.32 Å². The second kappa shape index (κ2) is 10.9. The molecule has 0 fully saturated rings. The third-order valence-corrected chi connectivity index (χ3v) is 3.78. The van der Waals surface area contributed by atoms with E-state index in [1.54, 1.807) is 7.11 Å². The fraction of sp³-hybridized carbons (Fsp3) is 0.571. The fourth-order valence-corrected chi connectivity index (χ4v) is 2.60. The number of hydrogen-bond acceptors (Lipinski definition) is 5. The van der Waals surface area contributed by atoms with Crippen LogP contribution in [0.5, 0.6) is 11.5 Å². The molecule has 0 heterocycles. The summed E-state index contributed by atoms with van der Waals surface area (Å²) in [6, 6.07) is 5.64. The van der Waals surface area contributed by atoms with Crippen molar-refractivity contribution < 1.29 is 19.4 Å². The molecular weight excluding hydrogens is 344 g/mol. The van der Waals surface area contributed by atoms with Gasteiger partial charge < -0.3 is 19.9 Å². The van der Waals surface area contributed by atoms with Crippen molar-refractivity contribution in [2.45, 2.75) is 46.3 Å². The minimum Gasteiger partial charge on any atom is -0.493 e. The molecule has 0 unspecified atom stereocenters. The molecule has 152 valence electrons. The van der Waals surface area contributed by atoms with Crippen LogP contribution in [0.2, 0.25) is 0 Å². The summed E-state index contributed by atoms with van der Waals surface area (Å²) in [4.78, 5) is 14.0. The summed E-state index contributed by atoms with van der Waals surface area (Å²) >= 11 is 0. The molecule has 0 aliphatic carbocycles. The number of hydrogen-bond donors (Lipinski definition) is 2. The normalized spacial score (nSPS) is 13.0. The molecule has 1 aromatic carbocycles. The van der Waals surface area contributed by atoms with Crippen molar-refractivity contribution in [2.75, 3.05) is 33.4 Å². The quantitative estimate of drug-likeness (QED) is 0.655. The number of nitrogens with one attached hydrogen (secondary N) is 1. The molecule has 0 radical (unpaired) electrons. The van der Waals surface area contributed by atoms with Gasteiger partial charge in [0.25, 0.3) is 0 Å². The molecular formula is C21H34N2O4. The average molecular weight is 379 g/mol. The zero-order chi connectivity index (χ0) is 20.4. The summed E-state index contributed by atoms with van der Waals surface area (Å²) in [6.07, 6.45) is 3.21. The summed E-state index contributed by atoms with van der Waals surface area (Å²) in [7, 11) is 1.59. The molecule has 2 N–H and O–H groups in total. The molecule has 0 saturated heterocycles. The van der Waals surface area contributed by atoms with Gasteiger partial charge in [-0.05, 0) is 51.9 Å². The van der Waals surface area contributed by atoms with Crippen molar-refractivity contribution in [1.82, 2.24) is 10.2 Å². The number of allylic oxidation sites excluding steroid dienone is 1. The van der Waals surface area contributed by atoms with Gasteiger partial charge in [0, 0.05) is 12.1 Å². The molecule has 0 saturated carbocycles. The number of aliphatic hydroxyl groups excluding tert-OH is 1. The third kappa shape index (κ3) is 8.93. The molecule has 0 aromatic heterocycles. The number of amides is 1. The Kier molecular flexibility index (Phi) is 9.32. The molecule has 0 aliphatic rings. The minimum atomic E-state index is -0.715. The van der Waals surface area contributed by atoms with Crippen molar-refractivity contribution >= 4 is 12.0 Å². The summed E-state index contributed by atoms with van der Waals surface area (Å²) in [5.41, 5.74) is 0.748. The van der Waals surface area contributed by atoms with Gasteiger partial charge in [-0.15, -0.1) is 0 Å². The number of nitrogens with zero attached hydrogens (tertiary/aromatic N) is 1. The zero-order valence-corrected chi connectivity index (χ0v) is 17.4. The van der Waals surface area contributed by atoms with E-state index < -0.39 is 6.10 Å². The van der Waals surface area contributed by atoms with Crippen molar-refractivity contribution in [3.8, 4) is 11.5 Å². The number of carbonyl (C=O) groups excluding carboxylic acids is 1. The SMILES string of the molecule is C/C=C/c1ccc(OC[C@H](O)CN(CC)CC(=O)NC(C)(C)C)c(OC)c1. The topological polar surface area (TPSA) is 71.0 Å². The van der Waals surface area contributed by atoms with Crippen LogP contribution in [-0.4, -0.2) is 60.9 Å². The number of benzene rings is 1. The summed E-state index contributed by atoms with van der Waals surface area (Å²) in [6.45, 7) is 11.1. The number of carbonyl (C=O) groups is 1. The number of methoxy groups -OCH3 is 1. The van der Waals surface area contributed by atoms with E-state index in [-0.39, 0.29) is 24.6 Å². The predicted octanol–water partition coefficient (Wildman–Crippen LogP) is 2.70. The number of rotatable bonds is 10. The molecule has 27 heavy (non-hydrogen) atoms. The highest BCUT2D eigenvalue weighted by molar-refractivity contribution is 5.78. The van der Waals surface area contributed by atoms with Crippen molar-refractivity contribution in [2.24, 2.45) is 0 Å². The van der Waals surface area contributed by atoms with Crippen molar-refractivity contribution in [3.63, 3.8) is 0 Å². The highest BCUT2D eigenvalue weighted by Crippen LogP contribution is 2.28. The largest absolute Gasteiger partial charge is 0.493 e. The first kappa shape index (κ1) is 23.0. The van der Waals surface area contributed by atoms with Crippen molar-refractivity contribution in [3.05, 3.63) is 29.8 Å². The first-order chi connectivity index (χ1) is 12.7. The Labute approximate surface area is 163 Å². The Hall–Kier alpha value is -2.05. The lowest BCUT2D eigenvalue weighted by atomic mass is 10.1. The van der Waals surface area contributed by atoms with E-state index in [0.29, 0.717) is 24.6 Å². The van der Waals surface area contributed by atoms with E-state index in [0.717, 1.165) is 5.56 Å². The average Bonchev–Trinajstić information content (AvgIpc) is 2.58. The van der Waals surface area contributed by atoms with Crippen LogP contribution in [0.3, 0.4) is 0 Å². The Bertz CT molecular complexity index is 623. The molecule has 6 nitrogen and oxygen atoms in total. The van der Waals surface area contributed by atoms with E-state index in [1.165, 1.54) is 0 Å². The molecule has 0 spiro atoms. The van der Waals surface area contributed by atoms with Crippen LogP contribution in [0, 0.1) is 0 Å². The molecule has 0 bridgehead atoms. The van der Waals surface area contributed by atoms with Gasteiger partial charge in [-0.2, -0.15) is 0 Å². The van der Waals surface area contributed by atoms with Gasteiger partial charge in [-0.3, -0.25) is 9.69 Å². The maximum absolute atomic E-state index is 12.1. The lowest BCUT2D eigenvalue weighted by Gasteiger charge is -2.26. The minimum absolute atomic E-state index is 0.0568. The molecule has 1 amide bonds. The van der Waals surface area contributed by atoms with E-state index in [4.69, 9.17) is 9.47 Å². The molecule has 1 aromatic rings. The van der Waals surface area contributed by atoms with Gasteiger partial charge in [0.2, 0.25) is 5.91 Å². The first-order valence-corrected chi connectivity index (χ1v) is 9.33. The maximum atomic E-state index is 12.1. The van der Waals surface area contributed by atoms with Crippen LogP contribution < -0.4 is 14.8 Å². The summed E-state index contributed by atoms with van der Waals surface area (Å²) in [5, 5.41) is 13.2. The van der Waals surface area contributed by atoms with Crippen LogP contribution in [-0.2, 0) is 4.79 Å². The first-order valence-electron chi connectivity index (χ1n) is 9.33. The zero-order valence-electron chi connectivity index (χ0n) is 17.4. The highest BCUT2D eigenvalue weighted by atomic mass is 16.5. The number of ether oxygens (including phenoxy) is 2. The molecule has 0 aliphatic heterocycles. The Morgan fingerprint density at radius 2 is 2.04 bits per heavy atom. The van der Waals surface area contributed by atoms with Gasteiger partial charge in [0.05, 0.1) is 13.7 Å². The van der Waals surface area contributed by atoms with Crippen LogP contribution in [0.25, 0.3) is 6.08 Å². The maximum Gasteiger partial charge on any atom is 0.234 e. The van der Waals surface area contributed by atoms with Crippen LogP contribution in [0.15, 0.2) is 24.3 Å². The van der Waals surface area contributed by atoms with Gasteiger partial charge in [-0.1, -0.05) is 25.1 Å². The molecule has 1 rings (SSSR count). The second-order valence-corrected chi connectivity index (χ2v) is 7.50. The lowest BCUT2D eigenvalue weighted by molar-refractivity contribution is -0.124. The van der Waals surface area contributed by atoms with Gasteiger partial charge in [0.15, 0.2) is 11.5 Å². The lowest BCUT2D eigenvalue weighted by Crippen LogP contribution is -2.47.